The van der Waals surface area contributed by atoms with Gasteiger partial charge in [0.15, 0.2) is 6.10 Å². The summed E-state index contributed by atoms with van der Waals surface area (Å²) in [4.78, 5) is 33.6. The molecule has 120 valence electrons. The van der Waals surface area contributed by atoms with Crippen molar-refractivity contribution in [3.63, 3.8) is 0 Å². The van der Waals surface area contributed by atoms with Gasteiger partial charge in [-0.05, 0) is 6.90 Å². The lowest BCUT2D eigenvalue weighted by Crippen LogP contribution is -2.41. The number of carbonyl (C=O) groups is 3. The van der Waals surface area contributed by atoms with E-state index < -0.39 is 42.5 Å². The lowest BCUT2D eigenvalue weighted by Gasteiger charge is -2.22. The van der Waals surface area contributed by atoms with E-state index in [1.165, 1.54) is 20.8 Å². The van der Waals surface area contributed by atoms with Crippen LogP contribution in [0.15, 0.2) is 0 Å². The molecule has 0 radical (unpaired) electrons. The first-order valence-electron chi connectivity index (χ1n) is 7.10. The monoisotopic (exact) mass is 305 g/mol. The third kappa shape index (κ3) is 5.31. The van der Waals surface area contributed by atoms with Gasteiger partial charge in [0.05, 0.1) is 6.61 Å². The number of rotatable bonds is 6. The Bertz CT molecular complexity index is 413. The predicted molar refractivity (Wildman–Crippen MR) is 68.0 cm³/mol. The summed E-state index contributed by atoms with van der Waals surface area (Å²) in [5.41, 5.74) is 0. The Morgan fingerprint density at radius 3 is 2.10 bits per heavy atom. The van der Waals surface area contributed by atoms with Crippen LogP contribution in [0.3, 0.4) is 0 Å². The van der Waals surface area contributed by atoms with Crippen LogP contribution in [0.4, 0.5) is 0 Å². The highest BCUT2D eigenvalue weighted by Gasteiger charge is 2.51. The van der Waals surface area contributed by atoms with Gasteiger partial charge < -0.3 is 23.7 Å². The Labute approximate surface area is 124 Å². The van der Waals surface area contributed by atoms with Crippen LogP contribution in [0, 0.1) is 0 Å². The minimum atomic E-state index is -1.18. The van der Waals surface area contributed by atoms with E-state index in [0.717, 1.165) is 0 Å². The summed E-state index contributed by atoms with van der Waals surface area (Å²) in [5.74, 6) is -1.85. The van der Waals surface area contributed by atoms with Gasteiger partial charge in [-0.2, -0.15) is 0 Å². The lowest BCUT2D eigenvalue weighted by atomic mass is 10.1. The zero-order valence-electron chi connectivity index (χ0n) is 13.2. The van der Waals surface area contributed by atoms with E-state index in [2.05, 4.69) is 0 Å². The van der Waals surface area contributed by atoms with Crippen LogP contribution in [-0.4, -0.2) is 55.7 Å². The largest absolute Gasteiger partial charge is 0.455 e. The number of ether oxygens (including phenoxy) is 5. The lowest BCUT2D eigenvalue weighted by molar-refractivity contribution is -0.196. The highest BCUT2D eigenvalue weighted by molar-refractivity contribution is 5.68. The Balaban J connectivity index is 2.87. The van der Waals surface area contributed by atoms with Crippen molar-refractivity contribution >= 4 is 17.9 Å². The Morgan fingerprint density at radius 1 is 1.00 bits per heavy atom. The van der Waals surface area contributed by atoms with E-state index in [9.17, 15) is 14.4 Å². The molecule has 1 aliphatic heterocycles. The average Bonchev–Trinajstić information content (AvgIpc) is 2.67. The van der Waals surface area contributed by atoms with Crippen LogP contribution in [0.25, 0.3) is 0 Å². The molecule has 1 rings (SSSR count). The van der Waals surface area contributed by atoms with Crippen molar-refractivity contribution in [3.05, 3.63) is 0 Å². The summed E-state index contributed by atoms with van der Waals surface area (Å²) in [6.07, 6.45) is -3.99. The summed E-state index contributed by atoms with van der Waals surface area (Å²) < 4.78 is 32.8. The van der Waals surface area contributed by atoms with Gasteiger partial charge in [0.1, 0.15) is 6.10 Å². The Morgan fingerprint density at radius 2 is 1.57 bits per heavy atom. The van der Waals surface area contributed by atoms with Gasteiger partial charge in [0, 0.05) is 28.7 Å². The van der Waals surface area contributed by atoms with Gasteiger partial charge in [-0.3, -0.25) is 14.4 Å². The van der Waals surface area contributed by atoms with Crippen LogP contribution in [0.5, 0.6) is 0 Å². The molecule has 1 saturated heterocycles. The molecule has 1 fully saturated rings. The van der Waals surface area contributed by atoms with Crippen molar-refractivity contribution in [2.45, 2.75) is 52.3 Å². The maximum absolute atomic E-state index is 11.2. The molecule has 0 spiro atoms. The van der Waals surface area contributed by atoms with Crippen LogP contribution in [-0.2, 0) is 38.1 Å². The molecule has 21 heavy (non-hydrogen) atoms. The third-order valence-corrected chi connectivity index (χ3v) is 2.58. The van der Waals surface area contributed by atoms with Crippen molar-refractivity contribution < 1.29 is 39.4 Å². The molecule has 1 unspecified atom stereocenters. The predicted octanol–water partition coefficient (Wildman–Crippen LogP) is 0.174. The van der Waals surface area contributed by atoms with Gasteiger partial charge >= 0.3 is 17.9 Å². The fourth-order valence-electron chi connectivity index (χ4n) is 1.93. The van der Waals surface area contributed by atoms with Gasteiger partial charge in [-0.1, -0.05) is 0 Å². The molecule has 1 heterocycles. The van der Waals surface area contributed by atoms with E-state index in [1.807, 2.05) is 0 Å². The smallest absolute Gasteiger partial charge is 0.305 e. The standard InChI is InChI=1S/C13H20O8/c1-5-17-6-10-11(18-7(2)14)12(19-8(3)15)13(21-10)20-9(4)16/h10-13H,5-6H2,1-4H3/t10-,11-,12-,13?/m1/s1/i1D. The molecule has 4 atom stereocenters. The van der Waals surface area contributed by atoms with E-state index in [-0.39, 0.29) is 20.1 Å². The van der Waals surface area contributed by atoms with Gasteiger partial charge in [-0.15, -0.1) is 0 Å². The fraction of sp³-hybridized carbons (Fsp3) is 0.769. The molecule has 8 nitrogen and oxygen atoms in total. The maximum atomic E-state index is 11.2. The highest BCUT2D eigenvalue weighted by atomic mass is 16.7. The highest BCUT2D eigenvalue weighted by Crippen LogP contribution is 2.28. The molecular formula is C13H20O8. The molecular weight excluding hydrogens is 284 g/mol. The minimum absolute atomic E-state index is 0.00631. The first-order valence-corrected chi connectivity index (χ1v) is 6.39. The second-order valence-electron chi connectivity index (χ2n) is 4.38. The first kappa shape index (κ1) is 15.7. The molecule has 0 bridgehead atoms. The average molecular weight is 305 g/mol. The topological polar surface area (TPSA) is 97.4 Å². The maximum Gasteiger partial charge on any atom is 0.305 e. The van der Waals surface area contributed by atoms with E-state index in [4.69, 9.17) is 25.1 Å². The van der Waals surface area contributed by atoms with Crippen molar-refractivity contribution in [2.75, 3.05) is 13.2 Å². The van der Waals surface area contributed by atoms with E-state index in [0.29, 0.717) is 0 Å². The van der Waals surface area contributed by atoms with Crippen molar-refractivity contribution in [1.82, 2.24) is 0 Å². The molecule has 0 aromatic carbocycles. The van der Waals surface area contributed by atoms with Gasteiger partial charge in [0.2, 0.25) is 12.4 Å². The van der Waals surface area contributed by atoms with Crippen LogP contribution in [0.2, 0.25) is 0 Å². The van der Waals surface area contributed by atoms with E-state index >= 15 is 0 Å². The summed E-state index contributed by atoms with van der Waals surface area (Å²) in [6, 6.07) is 0. The summed E-state index contributed by atoms with van der Waals surface area (Å²) in [6.45, 7) is 3.80. The summed E-state index contributed by atoms with van der Waals surface area (Å²) >= 11 is 0. The quantitative estimate of drug-likeness (QED) is 0.389. The molecule has 0 aromatic rings. The second kappa shape index (κ2) is 7.94. The van der Waals surface area contributed by atoms with Gasteiger partial charge in [-0.25, -0.2) is 0 Å². The molecule has 0 amide bonds. The number of hydrogen-bond donors (Lipinski definition) is 0. The number of esters is 3. The van der Waals surface area contributed by atoms with E-state index in [1.54, 1.807) is 0 Å². The SMILES string of the molecule is [2H]CCOC[C@H]1OC(OC(C)=O)[C@H](OC(C)=O)[C@@H]1OC(C)=O. The fourth-order valence-corrected chi connectivity index (χ4v) is 1.93. The van der Waals surface area contributed by atoms with Crippen LogP contribution >= 0.6 is 0 Å². The number of hydrogen-bond acceptors (Lipinski definition) is 8. The van der Waals surface area contributed by atoms with Gasteiger partial charge in [0.25, 0.3) is 0 Å². The molecule has 1 aliphatic rings. The van der Waals surface area contributed by atoms with Crippen molar-refractivity contribution in [1.29, 1.82) is 0 Å². The van der Waals surface area contributed by atoms with Crippen molar-refractivity contribution in [3.8, 4) is 0 Å². The zero-order valence-corrected chi connectivity index (χ0v) is 12.2. The third-order valence-electron chi connectivity index (χ3n) is 2.58. The molecule has 0 saturated carbocycles. The minimum Gasteiger partial charge on any atom is -0.455 e. The van der Waals surface area contributed by atoms with Crippen LogP contribution in [0.1, 0.15) is 29.0 Å². The number of carbonyl (C=O) groups excluding carboxylic acids is 3. The molecule has 8 heteroatoms. The Hall–Kier alpha value is -1.67. The molecule has 0 aliphatic carbocycles. The normalized spacial score (nSPS) is 28.6. The molecule has 0 aromatic heterocycles. The second-order valence-corrected chi connectivity index (χ2v) is 4.38. The molecule has 0 N–H and O–H groups in total. The summed E-state index contributed by atoms with van der Waals surface area (Å²) in [5, 5.41) is 0. The summed E-state index contributed by atoms with van der Waals surface area (Å²) in [7, 11) is 0. The van der Waals surface area contributed by atoms with Crippen molar-refractivity contribution in [2.24, 2.45) is 0 Å². The first-order chi connectivity index (χ1) is 10.3. The Kier molecular flexibility index (Phi) is 5.94. The zero-order chi connectivity index (χ0) is 16.7. The van der Waals surface area contributed by atoms with Crippen LogP contribution < -0.4 is 0 Å².